The van der Waals surface area contributed by atoms with Crippen molar-refractivity contribution in [2.75, 3.05) is 6.61 Å². The van der Waals surface area contributed by atoms with Crippen LogP contribution >= 0.6 is 0 Å². The van der Waals surface area contributed by atoms with Gasteiger partial charge in [0.1, 0.15) is 5.75 Å². The average Bonchev–Trinajstić information content (AvgIpc) is 3.39. The molecule has 3 nitrogen and oxygen atoms in total. The molecule has 0 atom stereocenters. The summed E-state index contributed by atoms with van der Waals surface area (Å²) in [5.41, 5.74) is 2.35. The Bertz CT molecular complexity index is 675. The normalized spacial score (nSPS) is 13.8. The molecule has 0 unspecified atom stereocenters. The molecule has 2 aromatic carbocycles. The zero-order chi connectivity index (χ0) is 16.9. The Morgan fingerprint density at radius 2 is 1.75 bits per heavy atom. The maximum absolute atomic E-state index is 12.5. The zero-order valence-electron chi connectivity index (χ0n) is 14.4. The van der Waals surface area contributed by atoms with Gasteiger partial charge in [-0.15, -0.1) is 0 Å². The highest BCUT2D eigenvalue weighted by atomic mass is 16.5. The third-order valence-electron chi connectivity index (χ3n) is 4.35. The van der Waals surface area contributed by atoms with Crippen LogP contribution in [0.1, 0.15) is 37.8 Å². The van der Waals surface area contributed by atoms with Gasteiger partial charge in [0, 0.05) is 18.5 Å². The maximum atomic E-state index is 12.5. The summed E-state index contributed by atoms with van der Waals surface area (Å²) in [6.45, 7) is 4.25. The number of rotatable bonds is 7. The molecular formula is C21H25NO2. The molecule has 1 amide bonds. The smallest absolute Gasteiger partial charge is 0.260 e. The summed E-state index contributed by atoms with van der Waals surface area (Å²) < 4.78 is 5.89. The Morgan fingerprint density at radius 3 is 2.42 bits per heavy atom. The van der Waals surface area contributed by atoms with E-state index >= 15 is 0 Å². The molecule has 0 aliphatic heterocycles. The van der Waals surface area contributed by atoms with Crippen molar-refractivity contribution in [3.63, 3.8) is 0 Å². The molecule has 0 radical (unpaired) electrons. The number of carbonyl (C=O) groups is 1. The van der Waals surface area contributed by atoms with Gasteiger partial charge in [-0.1, -0.05) is 48.5 Å². The quantitative estimate of drug-likeness (QED) is 0.769. The molecule has 3 heteroatoms. The lowest BCUT2D eigenvalue weighted by atomic mass is 10.0. The van der Waals surface area contributed by atoms with E-state index in [9.17, 15) is 4.79 Å². The third kappa shape index (κ3) is 4.16. The van der Waals surface area contributed by atoms with Gasteiger partial charge in [-0.2, -0.15) is 0 Å². The molecule has 1 fully saturated rings. The van der Waals surface area contributed by atoms with E-state index < -0.39 is 0 Å². The predicted molar refractivity (Wildman–Crippen MR) is 96.2 cm³/mol. The summed E-state index contributed by atoms with van der Waals surface area (Å²) in [6.07, 6.45) is 3.05. The van der Waals surface area contributed by atoms with Gasteiger partial charge in [-0.3, -0.25) is 4.79 Å². The summed E-state index contributed by atoms with van der Waals surface area (Å²) in [7, 11) is 0. The molecule has 1 saturated carbocycles. The summed E-state index contributed by atoms with van der Waals surface area (Å²) in [4.78, 5) is 14.5. The number of nitrogens with zero attached hydrogens (tertiary/aromatic N) is 1. The Labute approximate surface area is 144 Å². The number of para-hydroxylation sites is 1. The molecule has 0 spiro atoms. The van der Waals surface area contributed by atoms with Crippen molar-refractivity contribution in [3.8, 4) is 5.75 Å². The van der Waals surface area contributed by atoms with Crippen LogP contribution in [0.2, 0.25) is 0 Å². The van der Waals surface area contributed by atoms with Gasteiger partial charge < -0.3 is 9.64 Å². The van der Waals surface area contributed by atoms with E-state index in [2.05, 4.69) is 32.0 Å². The van der Waals surface area contributed by atoms with E-state index in [4.69, 9.17) is 4.74 Å². The predicted octanol–water partition coefficient (Wildman–Crippen LogP) is 4.06. The van der Waals surface area contributed by atoms with Crippen LogP contribution in [0.3, 0.4) is 0 Å². The molecule has 3 rings (SSSR count). The molecule has 0 N–H and O–H groups in total. The first-order chi connectivity index (χ1) is 11.6. The lowest BCUT2D eigenvalue weighted by Crippen LogP contribution is -2.41. The third-order valence-corrected chi connectivity index (χ3v) is 4.35. The standard InChI is InChI=1S/C21H25NO2/c1-16(2)22(19-12-13-19)21(23)15-24-20-11-7-6-10-18(20)14-17-8-4-3-5-9-17/h3-11,16,19H,12-15H2,1-2H3. The van der Waals surface area contributed by atoms with Gasteiger partial charge in [0.05, 0.1) is 0 Å². The van der Waals surface area contributed by atoms with Crippen LogP contribution in [-0.2, 0) is 11.2 Å². The highest BCUT2D eigenvalue weighted by molar-refractivity contribution is 5.78. The molecule has 0 aromatic heterocycles. The van der Waals surface area contributed by atoms with E-state index in [1.165, 1.54) is 5.56 Å². The van der Waals surface area contributed by atoms with Gasteiger partial charge >= 0.3 is 0 Å². The van der Waals surface area contributed by atoms with E-state index in [0.29, 0.717) is 6.04 Å². The number of benzene rings is 2. The lowest BCUT2D eigenvalue weighted by molar-refractivity contribution is -0.135. The van der Waals surface area contributed by atoms with Gasteiger partial charge in [-0.05, 0) is 43.9 Å². The summed E-state index contributed by atoms with van der Waals surface area (Å²) in [6, 6.07) is 18.9. The van der Waals surface area contributed by atoms with Gasteiger partial charge in [0.15, 0.2) is 6.61 Å². The minimum Gasteiger partial charge on any atom is -0.483 e. The first-order valence-electron chi connectivity index (χ1n) is 8.71. The Morgan fingerprint density at radius 1 is 1.08 bits per heavy atom. The summed E-state index contributed by atoms with van der Waals surface area (Å²) >= 11 is 0. The second-order valence-electron chi connectivity index (χ2n) is 6.68. The zero-order valence-corrected chi connectivity index (χ0v) is 14.4. The SMILES string of the molecule is CC(C)N(C(=O)COc1ccccc1Cc1ccccc1)C1CC1. The molecular weight excluding hydrogens is 298 g/mol. The van der Waals surface area contributed by atoms with E-state index in [0.717, 1.165) is 30.6 Å². The van der Waals surface area contributed by atoms with Crippen LogP contribution in [0.15, 0.2) is 54.6 Å². The minimum atomic E-state index is 0.0852. The van der Waals surface area contributed by atoms with Crippen LogP contribution in [-0.4, -0.2) is 29.5 Å². The molecule has 1 aliphatic rings. The van der Waals surface area contributed by atoms with Crippen molar-refractivity contribution in [2.24, 2.45) is 0 Å². The van der Waals surface area contributed by atoms with Crippen LogP contribution in [0.25, 0.3) is 0 Å². The fourth-order valence-corrected chi connectivity index (χ4v) is 3.09. The van der Waals surface area contributed by atoms with Gasteiger partial charge in [0.2, 0.25) is 0 Å². The topological polar surface area (TPSA) is 29.5 Å². The molecule has 0 heterocycles. The van der Waals surface area contributed by atoms with Gasteiger partial charge in [-0.25, -0.2) is 0 Å². The highest BCUT2D eigenvalue weighted by Gasteiger charge is 2.34. The first-order valence-corrected chi connectivity index (χ1v) is 8.71. The van der Waals surface area contributed by atoms with Crippen LogP contribution in [0.4, 0.5) is 0 Å². The fraction of sp³-hybridized carbons (Fsp3) is 0.381. The largest absolute Gasteiger partial charge is 0.483 e. The Hall–Kier alpha value is -2.29. The van der Waals surface area contributed by atoms with E-state index in [1.807, 2.05) is 41.3 Å². The number of ether oxygens (including phenoxy) is 1. The highest BCUT2D eigenvalue weighted by Crippen LogP contribution is 2.29. The van der Waals surface area contributed by atoms with Crippen molar-refractivity contribution < 1.29 is 9.53 Å². The second-order valence-corrected chi connectivity index (χ2v) is 6.68. The molecule has 0 saturated heterocycles. The Balaban J connectivity index is 1.66. The monoisotopic (exact) mass is 323 g/mol. The number of amides is 1. The molecule has 1 aliphatic carbocycles. The van der Waals surface area contributed by atoms with E-state index in [-0.39, 0.29) is 18.6 Å². The van der Waals surface area contributed by atoms with Gasteiger partial charge in [0.25, 0.3) is 5.91 Å². The Kier molecular flexibility index (Phi) is 5.19. The lowest BCUT2D eigenvalue weighted by Gasteiger charge is -2.26. The molecule has 2 aromatic rings. The van der Waals surface area contributed by atoms with E-state index in [1.54, 1.807) is 0 Å². The first kappa shape index (κ1) is 16.6. The van der Waals surface area contributed by atoms with Crippen LogP contribution in [0, 0.1) is 0 Å². The number of hydrogen-bond acceptors (Lipinski definition) is 2. The minimum absolute atomic E-state index is 0.0852. The van der Waals surface area contributed by atoms with Crippen molar-refractivity contribution in [3.05, 3.63) is 65.7 Å². The van der Waals surface area contributed by atoms with Crippen molar-refractivity contribution in [1.82, 2.24) is 4.90 Å². The summed E-state index contributed by atoms with van der Waals surface area (Å²) in [5, 5.41) is 0. The fourth-order valence-electron chi connectivity index (χ4n) is 3.09. The van der Waals surface area contributed by atoms with Crippen molar-refractivity contribution >= 4 is 5.91 Å². The van der Waals surface area contributed by atoms with Crippen molar-refractivity contribution in [2.45, 2.75) is 45.2 Å². The number of hydrogen-bond donors (Lipinski definition) is 0. The van der Waals surface area contributed by atoms with Crippen LogP contribution < -0.4 is 4.74 Å². The molecule has 24 heavy (non-hydrogen) atoms. The van der Waals surface area contributed by atoms with Crippen molar-refractivity contribution in [1.29, 1.82) is 0 Å². The molecule has 126 valence electrons. The van der Waals surface area contributed by atoms with Crippen LogP contribution in [0.5, 0.6) is 5.75 Å². The number of carbonyl (C=O) groups excluding carboxylic acids is 1. The second kappa shape index (κ2) is 7.52. The average molecular weight is 323 g/mol. The maximum Gasteiger partial charge on any atom is 0.260 e. The summed E-state index contributed by atoms with van der Waals surface area (Å²) in [5.74, 6) is 0.885. The molecule has 0 bridgehead atoms.